The van der Waals surface area contributed by atoms with Gasteiger partial charge in [-0.2, -0.15) is 0 Å². The summed E-state index contributed by atoms with van der Waals surface area (Å²) in [6, 6.07) is 17.1. The number of rotatable bonds is 5. The van der Waals surface area contributed by atoms with Gasteiger partial charge in [0.15, 0.2) is 5.84 Å². The van der Waals surface area contributed by atoms with Crippen molar-refractivity contribution >= 4 is 23.6 Å². The molecule has 0 fully saturated rings. The fourth-order valence-electron chi connectivity index (χ4n) is 1.56. The molecule has 2 aromatic carbocycles. The smallest absolute Gasteiger partial charge is 0.345 e. The average molecular weight is 300 g/mol. The topological polar surface area (TPSA) is 64.7 Å². The molecule has 0 heterocycles. The molecular weight excluding hydrogens is 284 g/mol. The van der Waals surface area contributed by atoms with E-state index in [1.54, 1.807) is 12.1 Å². The molecule has 0 spiro atoms. The summed E-state index contributed by atoms with van der Waals surface area (Å²) in [4.78, 5) is 17.4. The first kappa shape index (κ1) is 15.1. The van der Waals surface area contributed by atoms with Gasteiger partial charge in [0.2, 0.25) is 0 Å². The molecule has 0 aromatic heterocycles. The Bertz CT molecular complexity index is 624. The van der Waals surface area contributed by atoms with Crippen LogP contribution in [0.25, 0.3) is 0 Å². The van der Waals surface area contributed by atoms with Gasteiger partial charge in [0.1, 0.15) is 0 Å². The number of amidine groups is 1. The van der Waals surface area contributed by atoms with Crippen LogP contribution in [-0.4, -0.2) is 17.6 Å². The number of thioether (sulfide) groups is 1. The molecule has 0 aliphatic heterocycles. The highest BCUT2D eigenvalue weighted by Crippen LogP contribution is 2.18. The second-order valence-corrected chi connectivity index (χ2v) is 5.46. The molecule has 0 unspecified atom stereocenters. The van der Waals surface area contributed by atoms with Gasteiger partial charge in [0, 0.05) is 10.5 Å². The Labute approximate surface area is 128 Å². The lowest BCUT2D eigenvalue weighted by atomic mass is 10.2. The minimum absolute atomic E-state index is 0.185. The van der Waals surface area contributed by atoms with E-state index in [2.05, 4.69) is 5.16 Å². The summed E-state index contributed by atoms with van der Waals surface area (Å²) in [6.07, 6.45) is 0. The Morgan fingerprint density at radius 2 is 1.81 bits per heavy atom. The monoisotopic (exact) mass is 300 g/mol. The Hall–Kier alpha value is -2.27. The van der Waals surface area contributed by atoms with Crippen LogP contribution >= 0.6 is 11.8 Å². The van der Waals surface area contributed by atoms with Gasteiger partial charge in [0.25, 0.3) is 0 Å². The molecule has 2 aromatic rings. The van der Waals surface area contributed by atoms with Crippen molar-refractivity contribution in [1.82, 2.24) is 0 Å². The number of nitrogens with two attached hydrogens (primary N) is 1. The second kappa shape index (κ2) is 7.50. The molecule has 4 nitrogen and oxygen atoms in total. The number of carbonyl (C=O) groups excluding carboxylic acids is 1. The van der Waals surface area contributed by atoms with Crippen LogP contribution in [0, 0.1) is 6.92 Å². The molecule has 5 heteroatoms. The molecule has 0 radical (unpaired) electrons. The molecule has 0 bridgehead atoms. The van der Waals surface area contributed by atoms with Crippen molar-refractivity contribution in [2.45, 2.75) is 11.8 Å². The fourth-order valence-corrected chi connectivity index (χ4v) is 2.23. The quantitative estimate of drug-likeness (QED) is 0.303. The number of oxime groups is 1. The van der Waals surface area contributed by atoms with Gasteiger partial charge in [-0.25, -0.2) is 4.79 Å². The zero-order valence-electron chi connectivity index (χ0n) is 11.7. The molecule has 0 saturated heterocycles. The Morgan fingerprint density at radius 3 is 2.48 bits per heavy atom. The van der Waals surface area contributed by atoms with Gasteiger partial charge < -0.3 is 10.6 Å². The van der Waals surface area contributed by atoms with Gasteiger partial charge in [-0.05, 0) is 19.1 Å². The van der Waals surface area contributed by atoms with Crippen molar-refractivity contribution in [1.29, 1.82) is 0 Å². The third-order valence-electron chi connectivity index (χ3n) is 2.69. The van der Waals surface area contributed by atoms with Crippen LogP contribution in [0.2, 0.25) is 0 Å². The summed E-state index contributed by atoms with van der Waals surface area (Å²) in [5, 5.41) is 3.65. The van der Waals surface area contributed by atoms with E-state index in [0.29, 0.717) is 0 Å². The first-order chi connectivity index (χ1) is 10.1. The maximum absolute atomic E-state index is 11.6. The predicted molar refractivity (Wildman–Crippen MR) is 85.2 cm³/mol. The molecule has 2 rings (SSSR count). The fraction of sp³-hybridized carbons (Fsp3) is 0.125. The lowest BCUT2D eigenvalue weighted by molar-refractivity contribution is -0.140. The zero-order chi connectivity index (χ0) is 15.1. The highest BCUT2D eigenvalue weighted by molar-refractivity contribution is 8.00. The minimum atomic E-state index is -0.431. The third-order valence-corrected chi connectivity index (χ3v) is 3.68. The van der Waals surface area contributed by atoms with Crippen LogP contribution in [-0.2, 0) is 9.63 Å². The maximum atomic E-state index is 11.6. The first-order valence-corrected chi connectivity index (χ1v) is 7.42. The van der Waals surface area contributed by atoms with Crippen molar-refractivity contribution < 1.29 is 9.63 Å². The second-order valence-electron chi connectivity index (χ2n) is 4.41. The van der Waals surface area contributed by atoms with Crippen LogP contribution in [0.15, 0.2) is 64.6 Å². The van der Waals surface area contributed by atoms with Gasteiger partial charge >= 0.3 is 5.97 Å². The SMILES string of the molecule is Cc1ccc(SCC(=O)ON=C(N)c2ccccc2)cc1. The minimum Gasteiger partial charge on any atom is -0.380 e. The van der Waals surface area contributed by atoms with Crippen LogP contribution in [0.1, 0.15) is 11.1 Å². The van der Waals surface area contributed by atoms with E-state index in [0.717, 1.165) is 10.5 Å². The molecule has 2 N–H and O–H groups in total. The lowest BCUT2D eigenvalue weighted by Gasteiger charge is -2.02. The van der Waals surface area contributed by atoms with Crippen LogP contribution in [0.4, 0.5) is 0 Å². The van der Waals surface area contributed by atoms with Gasteiger partial charge in [-0.3, -0.25) is 0 Å². The van der Waals surface area contributed by atoms with E-state index in [1.807, 2.05) is 49.4 Å². The zero-order valence-corrected chi connectivity index (χ0v) is 12.5. The first-order valence-electron chi connectivity index (χ1n) is 6.43. The van der Waals surface area contributed by atoms with E-state index < -0.39 is 5.97 Å². The standard InChI is InChI=1S/C16H16N2O2S/c1-12-7-9-14(10-8-12)21-11-15(19)20-18-16(17)13-5-3-2-4-6-13/h2-10H,11H2,1H3,(H2,17,18). The van der Waals surface area contributed by atoms with Crippen LogP contribution in [0.5, 0.6) is 0 Å². The van der Waals surface area contributed by atoms with E-state index in [4.69, 9.17) is 10.6 Å². The number of aryl methyl sites for hydroxylation is 1. The molecule has 0 aliphatic carbocycles. The van der Waals surface area contributed by atoms with Crippen molar-refractivity contribution in [3.63, 3.8) is 0 Å². The van der Waals surface area contributed by atoms with Gasteiger partial charge in [-0.1, -0.05) is 53.2 Å². The summed E-state index contributed by atoms with van der Waals surface area (Å²) in [7, 11) is 0. The molecule has 0 saturated carbocycles. The van der Waals surface area contributed by atoms with Gasteiger partial charge in [-0.15, -0.1) is 11.8 Å². The van der Waals surface area contributed by atoms with Crippen LogP contribution in [0.3, 0.4) is 0 Å². The Kier molecular flexibility index (Phi) is 5.40. The summed E-state index contributed by atoms with van der Waals surface area (Å²) in [5.41, 5.74) is 7.63. The summed E-state index contributed by atoms with van der Waals surface area (Å²) in [5.74, 6) is -0.0574. The molecule has 0 aliphatic rings. The van der Waals surface area contributed by atoms with E-state index >= 15 is 0 Å². The van der Waals surface area contributed by atoms with E-state index in [-0.39, 0.29) is 11.6 Å². The largest absolute Gasteiger partial charge is 0.380 e. The highest BCUT2D eigenvalue weighted by atomic mass is 32.2. The molecular formula is C16H16N2O2S. The number of hydrogen-bond acceptors (Lipinski definition) is 4. The summed E-state index contributed by atoms with van der Waals surface area (Å²) < 4.78 is 0. The Morgan fingerprint density at radius 1 is 1.14 bits per heavy atom. The van der Waals surface area contributed by atoms with Crippen LogP contribution < -0.4 is 5.73 Å². The van der Waals surface area contributed by atoms with Crippen molar-refractivity contribution in [2.24, 2.45) is 10.9 Å². The third kappa shape index (κ3) is 4.96. The molecule has 108 valence electrons. The summed E-state index contributed by atoms with van der Waals surface area (Å²) >= 11 is 1.40. The number of nitrogens with zero attached hydrogens (tertiary/aromatic N) is 1. The van der Waals surface area contributed by atoms with E-state index in [9.17, 15) is 4.79 Å². The molecule has 0 atom stereocenters. The number of benzene rings is 2. The van der Waals surface area contributed by atoms with Crippen molar-refractivity contribution in [2.75, 3.05) is 5.75 Å². The average Bonchev–Trinajstić information content (AvgIpc) is 2.53. The highest BCUT2D eigenvalue weighted by Gasteiger charge is 2.05. The number of hydrogen-bond donors (Lipinski definition) is 1. The predicted octanol–water partition coefficient (Wildman–Crippen LogP) is 2.95. The molecule has 0 amide bonds. The number of carbonyl (C=O) groups is 1. The van der Waals surface area contributed by atoms with Crippen molar-refractivity contribution in [3.05, 3.63) is 65.7 Å². The van der Waals surface area contributed by atoms with Crippen molar-refractivity contribution in [3.8, 4) is 0 Å². The normalized spacial score (nSPS) is 11.2. The van der Waals surface area contributed by atoms with E-state index in [1.165, 1.54) is 17.3 Å². The lowest BCUT2D eigenvalue weighted by Crippen LogP contribution is -2.15. The van der Waals surface area contributed by atoms with Gasteiger partial charge in [0.05, 0.1) is 5.75 Å². The molecule has 21 heavy (non-hydrogen) atoms. The Balaban J connectivity index is 1.83. The summed E-state index contributed by atoms with van der Waals surface area (Å²) in [6.45, 7) is 2.02. The maximum Gasteiger partial charge on any atom is 0.345 e.